The number of aliphatic hydroxyl groups excluding tert-OH is 1. The molecule has 0 aliphatic rings. The van der Waals surface area contributed by atoms with E-state index >= 15 is 0 Å². The lowest BCUT2D eigenvalue weighted by atomic mass is 9.93. The fourth-order valence-electron chi connectivity index (χ4n) is 2.42. The molecule has 1 aromatic rings. The average molecular weight is 293 g/mol. The SMILES string of the molecule is CCCCCCCC(Cc1ccc(OCO)cc1)C(N)=O. The third-order valence-electron chi connectivity index (χ3n) is 3.70. The second-order valence-electron chi connectivity index (χ2n) is 5.42. The number of rotatable bonds is 11. The molecule has 1 atom stereocenters. The Morgan fingerprint density at radius 2 is 1.86 bits per heavy atom. The summed E-state index contributed by atoms with van der Waals surface area (Å²) in [6, 6.07) is 7.42. The topological polar surface area (TPSA) is 72.6 Å². The van der Waals surface area contributed by atoms with Crippen LogP contribution in [0.1, 0.15) is 51.0 Å². The van der Waals surface area contributed by atoms with Crippen LogP contribution in [-0.4, -0.2) is 17.8 Å². The number of nitrogens with two attached hydrogens (primary N) is 1. The molecule has 118 valence electrons. The quantitative estimate of drug-likeness (QED) is 0.486. The highest BCUT2D eigenvalue weighted by Gasteiger charge is 2.15. The van der Waals surface area contributed by atoms with Crippen LogP contribution in [0, 0.1) is 5.92 Å². The van der Waals surface area contributed by atoms with E-state index in [0.29, 0.717) is 12.2 Å². The van der Waals surface area contributed by atoms with Crippen molar-refractivity contribution < 1.29 is 14.6 Å². The maximum Gasteiger partial charge on any atom is 0.220 e. The summed E-state index contributed by atoms with van der Waals surface area (Å²) < 4.78 is 4.98. The molecule has 1 amide bonds. The normalized spacial score (nSPS) is 12.1. The van der Waals surface area contributed by atoms with E-state index in [1.165, 1.54) is 25.7 Å². The van der Waals surface area contributed by atoms with Crippen LogP contribution in [0.2, 0.25) is 0 Å². The average Bonchev–Trinajstić information content (AvgIpc) is 2.47. The molecule has 21 heavy (non-hydrogen) atoms. The van der Waals surface area contributed by atoms with Crippen LogP contribution in [0.25, 0.3) is 0 Å². The molecule has 0 bridgehead atoms. The number of amides is 1. The van der Waals surface area contributed by atoms with Crippen molar-refractivity contribution in [3.63, 3.8) is 0 Å². The number of carbonyl (C=O) groups excluding carboxylic acids is 1. The van der Waals surface area contributed by atoms with Gasteiger partial charge in [-0.15, -0.1) is 0 Å². The predicted molar refractivity (Wildman–Crippen MR) is 83.9 cm³/mol. The molecule has 0 saturated carbocycles. The number of ether oxygens (including phenoxy) is 1. The van der Waals surface area contributed by atoms with E-state index in [0.717, 1.165) is 18.4 Å². The van der Waals surface area contributed by atoms with E-state index in [9.17, 15) is 4.79 Å². The molecule has 3 N–H and O–H groups in total. The van der Waals surface area contributed by atoms with Crippen LogP contribution in [0.3, 0.4) is 0 Å². The van der Waals surface area contributed by atoms with Crippen molar-refractivity contribution in [2.75, 3.05) is 6.79 Å². The van der Waals surface area contributed by atoms with Crippen LogP contribution in [0.5, 0.6) is 5.75 Å². The van der Waals surface area contributed by atoms with E-state index in [2.05, 4.69) is 6.92 Å². The Kier molecular flexibility index (Phi) is 8.51. The van der Waals surface area contributed by atoms with E-state index in [1.54, 1.807) is 12.1 Å². The minimum atomic E-state index is -0.332. The van der Waals surface area contributed by atoms with Crippen LogP contribution in [0.15, 0.2) is 24.3 Å². The fourth-order valence-corrected chi connectivity index (χ4v) is 2.42. The summed E-state index contributed by atoms with van der Waals surface area (Å²) in [5, 5.41) is 8.68. The zero-order chi connectivity index (χ0) is 15.5. The number of unbranched alkanes of at least 4 members (excludes halogenated alkanes) is 4. The Balaban J connectivity index is 2.44. The van der Waals surface area contributed by atoms with Gasteiger partial charge in [-0.05, 0) is 30.5 Å². The summed E-state index contributed by atoms with van der Waals surface area (Å²) in [6.45, 7) is 1.86. The fraction of sp³-hybridized carbons (Fsp3) is 0.588. The van der Waals surface area contributed by atoms with Crippen molar-refractivity contribution in [3.05, 3.63) is 29.8 Å². The number of primary amides is 1. The van der Waals surface area contributed by atoms with Gasteiger partial charge in [-0.3, -0.25) is 4.79 Å². The minimum absolute atomic E-state index is 0.101. The van der Waals surface area contributed by atoms with E-state index in [1.807, 2.05) is 12.1 Å². The van der Waals surface area contributed by atoms with E-state index in [4.69, 9.17) is 15.6 Å². The lowest BCUT2D eigenvalue weighted by Gasteiger charge is -2.13. The molecule has 0 saturated heterocycles. The molecule has 0 aliphatic carbocycles. The van der Waals surface area contributed by atoms with Crippen LogP contribution < -0.4 is 10.5 Å². The lowest BCUT2D eigenvalue weighted by molar-refractivity contribution is -0.122. The standard InChI is InChI=1S/C17H27NO3/c1-2-3-4-5-6-7-15(17(18)20)12-14-8-10-16(11-9-14)21-13-19/h8-11,15,19H,2-7,12-13H2,1H3,(H2,18,20). The van der Waals surface area contributed by atoms with Gasteiger partial charge in [-0.25, -0.2) is 0 Å². The first-order valence-corrected chi connectivity index (χ1v) is 7.79. The summed E-state index contributed by atoms with van der Waals surface area (Å²) in [6.07, 6.45) is 7.46. The Bertz CT molecular complexity index is 403. The van der Waals surface area contributed by atoms with Crippen molar-refractivity contribution in [2.45, 2.75) is 51.9 Å². The molecule has 1 unspecified atom stereocenters. The Hall–Kier alpha value is -1.55. The highest BCUT2D eigenvalue weighted by Crippen LogP contribution is 2.19. The van der Waals surface area contributed by atoms with E-state index < -0.39 is 0 Å². The summed E-state index contributed by atoms with van der Waals surface area (Å²) in [5.74, 6) is 0.300. The van der Waals surface area contributed by atoms with Gasteiger partial charge >= 0.3 is 0 Å². The van der Waals surface area contributed by atoms with Gasteiger partial charge in [0.15, 0.2) is 6.79 Å². The molecule has 0 heterocycles. The third-order valence-corrected chi connectivity index (χ3v) is 3.70. The smallest absolute Gasteiger partial charge is 0.220 e. The van der Waals surface area contributed by atoms with Crippen LogP contribution in [0.4, 0.5) is 0 Å². The molecule has 1 rings (SSSR count). The molecular formula is C17H27NO3. The predicted octanol–water partition coefficient (Wildman–Crippen LogP) is 3.02. The van der Waals surface area contributed by atoms with Crippen molar-refractivity contribution >= 4 is 5.91 Å². The molecule has 0 aromatic heterocycles. The Morgan fingerprint density at radius 3 is 2.43 bits per heavy atom. The number of carbonyl (C=O) groups is 1. The van der Waals surface area contributed by atoms with Crippen molar-refractivity contribution in [1.29, 1.82) is 0 Å². The van der Waals surface area contributed by atoms with Gasteiger partial charge < -0.3 is 15.6 Å². The first kappa shape index (κ1) is 17.5. The summed E-state index contributed by atoms with van der Waals surface area (Å²) in [4.78, 5) is 11.6. The molecule has 1 aromatic carbocycles. The Labute approximate surface area is 127 Å². The minimum Gasteiger partial charge on any atom is -0.468 e. The number of aliphatic hydroxyl groups is 1. The number of hydrogen-bond acceptors (Lipinski definition) is 3. The van der Waals surface area contributed by atoms with Gasteiger partial charge in [0, 0.05) is 5.92 Å². The molecule has 4 heteroatoms. The highest BCUT2D eigenvalue weighted by molar-refractivity contribution is 5.76. The summed E-state index contributed by atoms with van der Waals surface area (Å²) >= 11 is 0. The first-order chi connectivity index (χ1) is 10.2. The van der Waals surface area contributed by atoms with Gasteiger partial charge in [0.1, 0.15) is 5.75 Å². The van der Waals surface area contributed by atoms with Crippen molar-refractivity contribution in [2.24, 2.45) is 11.7 Å². The van der Waals surface area contributed by atoms with Crippen LogP contribution in [-0.2, 0) is 11.2 Å². The van der Waals surface area contributed by atoms with Gasteiger partial charge in [-0.1, -0.05) is 51.2 Å². The van der Waals surface area contributed by atoms with Crippen LogP contribution >= 0.6 is 0 Å². The summed E-state index contributed by atoms with van der Waals surface area (Å²) in [5.41, 5.74) is 6.57. The second-order valence-corrected chi connectivity index (χ2v) is 5.42. The van der Waals surface area contributed by atoms with Crippen molar-refractivity contribution in [1.82, 2.24) is 0 Å². The number of hydrogen-bond donors (Lipinski definition) is 2. The second kappa shape index (κ2) is 10.2. The van der Waals surface area contributed by atoms with Gasteiger partial charge in [0.05, 0.1) is 0 Å². The van der Waals surface area contributed by atoms with Crippen molar-refractivity contribution in [3.8, 4) is 5.75 Å². The van der Waals surface area contributed by atoms with E-state index in [-0.39, 0.29) is 18.6 Å². The number of benzene rings is 1. The highest BCUT2D eigenvalue weighted by atomic mass is 16.6. The third kappa shape index (κ3) is 7.14. The van der Waals surface area contributed by atoms with Gasteiger partial charge in [-0.2, -0.15) is 0 Å². The monoisotopic (exact) mass is 293 g/mol. The zero-order valence-corrected chi connectivity index (χ0v) is 12.9. The Morgan fingerprint density at radius 1 is 1.19 bits per heavy atom. The molecular weight excluding hydrogens is 266 g/mol. The zero-order valence-electron chi connectivity index (χ0n) is 12.9. The molecule has 4 nitrogen and oxygen atoms in total. The van der Waals surface area contributed by atoms with Gasteiger partial charge in [0.25, 0.3) is 0 Å². The lowest BCUT2D eigenvalue weighted by Crippen LogP contribution is -2.25. The van der Waals surface area contributed by atoms with Gasteiger partial charge in [0.2, 0.25) is 5.91 Å². The molecule has 0 aliphatic heterocycles. The largest absolute Gasteiger partial charge is 0.468 e. The molecule has 0 radical (unpaired) electrons. The maximum absolute atomic E-state index is 11.6. The first-order valence-electron chi connectivity index (χ1n) is 7.79. The summed E-state index contributed by atoms with van der Waals surface area (Å²) in [7, 11) is 0. The molecule has 0 spiro atoms. The maximum atomic E-state index is 11.6. The molecule has 0 fully saturated rings.